The Balaban J connectivity index is 0.00000192. The summed E-state index contributed by atoms with van der Waals surface area (Å²) in [4.78, 5) is 12.5. The second kappa shape index (κ2) is 8.00. The van der Waals surface area contributed by atoms with Gasteiger partial charge in [-0.1, -0.05) is 34.5 Å². The van der Waals surface area contributed by atoms with Crippen LogP contribution >= 0.6 is 28.3 Å². The van der Waals surface area contributed by atoms with Gasteiger partial charge >= 0.3 is 0 Å². The number of hydrogen-bond acceptors (Lipinski definition) is 2. The number of hydrogen-bond donors (Lipinski definition) is 2. The Morgan fingerprint density at radius 1 is 1.35 bits per heavy atom. The molecule has 0 radical (unpaired) electrons. The number of benzene rings is 1. The van der Waals surface area contributed by atoms with Gasteiger partial charge in [0.2, 0.25) is 5.91 Å². The minimum absolute atomic E-state index is 0. The zero-order chi connectivity index (χ0) is 15.6. The summed E-state index contributed by atoms with van der Waals surface area (Å²) in [7, 11) is 0. The lowest BCUT2D eigenvalue weighted by molar-refractivity contribution is -0.126. The van der Waals surface area contributed by atoms with Gasteiger partial charge in [0.1, 0.15) is 0 Å². The normalized spacial score (nSPS) is 25.8. The maximum Gasteiger partial charge on any atom is 0.223 e. The lowest BCUT2D eigenvalue weighted by Gasteiger charge is -2.43. The molecule has 2 N–H and O–H groups in total. The Bertz CT molecular complexity index is 530. The van der Waals surface area contributed by atoms with Gasteiger partial charge in [0, 0.05) is 28.4 Å². The second-order valence-corrected chi connectivity index (χ2v) is 7.85. The van der Waals surface area contributed by atoms with Crippen LogP contribution in [0.3, 0.4) is 0 Å². The van der Waals surface area contributed by atoms with Crippen LogP contribution in [0, 0.1) is 5.92 Å². The summed E-state index contributed by atoms with van der Waals surface area (Å²) < 4.78 is 1.11. The first-order valence-corrected chi connectivity index (χ1v) is 9.15. The molecule has 0 unspecified atom stereocenters. The minimum atomic E-state index is 0. The highest BCUT2D eigenvalue weighted by Gasteiger charge is 2.39. The van der Waals surface area contributed by atoms with Crippen molar-refractivity contribution in [2.24, 2.45) is 5.92 Å². The Morgan fingerprint density at radius 3 is 2.61 bits per heavy atom. The molecule has 1 saturated heterocycles. The van der Waals surface area contributed by atoms with Gasteiger partial charge in [-0.2, -0.15) is 0 Å². The first kappa shape index (κ1) is 18.8. The highest BCUT2D eigenvalue weighted by atomic mass is 79.9. The zero-order valence-electron chi connectivity index (χ0n) is 13.6. The number of carbonyl (C=O) groups is 1. The van der Waals surface area contributed by atoms with E-state index in [-0.39, 0.29) is 29.6 Å². The maximum atomic E-state index is 12.5. The van der Waals surface area contributed by atoms with Crippen molar-refractivity contribution < 1.29 is 4.79 Å². The van der Waals surface area contributed by atoms with Gasteiger partial charge in [0.25, 0.3) is 0 Å². The monoisotopic (exact) mass is 400 g/mol. The van der Waals surface area contributed by atoms with Gasteiger partial charge in [0.05, 0.1) is 0 Å². The van der Waals surface area contributed by atoms with Gasteiger partial charge in [-0.3, -0.25) is 4.79 Å². The number of carbonyl (C=O) groups excluding carboxylic acids is 1. The van der Waals surface area contributed by atoms with Crippen LogP contribution in [-0.4, -0.2) is 25.0 Å². The summed E-state index contributed by atoms with van der Waals surface area (Å²) in [6.07, 6.45) is 5.53. The molecule has 0 bridgehead atoms. The van der Waals surface area contributed by atoms with Gasteiger partial charge < -0.3 is 10.6 Å². The summed E-state index contributed by atoms with van der Waals surface area (Å²) in [6.45, 7) is 3.90. The van der Waals surface area contributed by atoms with E-state index in [0.717, 1.165) is 30.4 Å². The summed E-state index contributed by atoms with van der Waals surface area (Å²) in [6, 6.07) is 9.05. The Labute approximate surface area is 153 Å². The molecular formula is C18H26BrClN2O. The number of rotatable bonds is 4. The first-order valence-electron chi connectivity index (χ1n) is 8.36. The molecule has 128 valence electrons. The average Bonchev–Trinajstić information content (AvgIpc) is 2.47. The lowest BCUT2D eigenvalue weighted by atomic mass is 9.64. The van der Waals surface area contributed by atoms with Crippen molar-refractivity contribution in [3.05, 3.63) is 34.3 Å². The van der Waals surface area contributed by atoms with Crippen molar-refractivity contribution in [3.8, 4) is 0 Å². The van der Waals surface area contributed by atoms with Gasteiger partial charge in [-0.05, 0) is 56.8 Å². The standard InChI is InChI=1S/C18H25BrN2O.ClH/c1-13-11-14(7-10-20-13)17(22)21-12-18(8-2-9-18)15-3-5-16(19)6-4-15;/h3-6,13-14,20H,2,7-12H2,1H3,(H,21,22);1H/t13-,14-;/m0./s1. The molecule has 3 rings (SSSR count). The van der Waals surface area contributed by atoms with E-state index in [1.807, 2.05) is 0 Å². The van der Waals surface area contributed by atoms with Crippen molar-refractivity contribution in [1.82, 2.24) is 10.6 Å². The van der Waals surface area contributed by atoms with Crippen LogP contribution in [0.2, 0.25) is 0 Å². The van der Waals surface area contributed by atoms with Gasteiger partial charge in [-0.25, -0.2) is 0 Å². The topological polar surface area (TPSA) is 41.1 Å². The van der Waals surface area contributed by atoms with Crippen LogP contribution in [0.15, 0.2) is 28.7 Å². The molecule has 5 heteroatoms. The van der Waals surface area contributed by atoms with Crippen LogP contribution < -0.4 is 10.6 Å². The third-order valence-corrected chi connectivity index (χ3v) is 5.89. The Morgan fingerprint density at radius 2 is 2.04 bits per heavy atom. The van der Waals surface area contributed by atoms with E-state index in [1.54, 1.807) is 0 Å². The predicted octanol–water partition coefficient (Wildman–Crippen LogP) is 3.80. The Kier molecular flexibility index (Phi) is 6.52. The van der Waals surface area contributed by atoms with E-state index in [0.29, 0.717) is 6.04 Å². The molecule has 1 saturated carbocycles. The van der Waals surface area contributed by atoms with Crippen molar-refractivity contribution in [2.45, 2.75) is 50.5 Å². The summed E-state index contributed by atoms with van der Waals surface area (Å²) in [5.74, 6) is 0.426. The van der Waals surface area contributed by atoms with Gasteiger partial charge in [0.15, 0.2) is 0 Å². The van der Waals surface area contributed by atoms with E-state index in [2.05, 4.69) is 57.8 Å². The number of piperidine rings is 1. The van der Waals surface area contributed by atoms with E-state index in [9.17, 15) is 4.79 Å². The van der Waals surface area contributed by atoms with Crippen molar-refractivity contribution >= 4 is 34.2 Å². The van der Waals surface area contributed by atoms with Gasteiger partial charge in [-0.15, -0.1) is 12.4 Å². The molecule has 2 fully saturated rings. The van der Waals surface area contributed by atoms with Crippen LogP contribution in [-0.2, 0) is 10.2 Å². The van der Waals surface area contributed by atoms with E-state index in [4.69, 9.17) is 0 Å². The number of halogens is 2. The van der Waals surface area contributed by atoms with E-state index >= 15 is 0 Å². The Hall–Kier alpha value is -0.580. The molecule has 1 aromatic carbocycles. The maximum absolute atomic E-state index is 12.5. The number of amides is 1. The van der Waals surface area contributed by atoms with E-state index in [1.165, 1.54) is 24.8 Å². The molecule has 2 atom stereocenters. The van der Waals surface area contributed by atoms with Crippen LogP contribution in [0.5, 0.6) is 0 Å². The smallest absolute Gasteiger partial charge is 0.223 e. The molecular weight excluding hydrogens is 376 g/mol. The highest BCUT2D eigenvalue weighted by Crippen LogP contribution is 2.43. The largest absolute Gasteiger partial charge is 0.355 e. The molecule has 2 aliphatic rings. The van der Waals surface area contributed by atoms with Crippen LogP contribution in [0.1, 0.15) is 44.6 Å². The second-order valence-electron chi connectivity index (χ2n) is 6.94. The summed E-state index contributed by atoms with van der Waals surface area (Å²) >= 11 is 3.50. The molecule has 0 spiro atoms. The zero-order valence-corrected chi connectivity index (χ0v) is 16.0. The molecule has 3 nitrogen and oxygen atoms in total. The molecule has 1 aromatic rings. The fraction of sp³-hybridized carbons (Fsp3) is 0.611. The predicted molar refractivity (Wildman–Crippen MR) is 100 cm³/mol. The lowest BCUT2D eigenvalue weighted by Crippen LogP contribution is -2.49. The number of nitrogens with one attached hydrogen (secondary N) is 2. The third kappa shape index (κ3) is 4.28. The summed E-state index contributed by atoms with van der Waals surface area (Å²) in [5, 5.41) is 6.66. The van der Waals surface area contributed by atoms with Crippen LogP contribution in [0.4, 0.5) is 0 Å². The molecule has 0 aromatic heterocycles. The quantitative estimate of drug-likeness (QED) is 0.806. The molecule has 1 aliphatic carbocycles. The fourth-order valence-electron chi connectivity index (χ4n) is 3.75. The van der Waals surface area contributed by atoms with Crippen molar-refractivity contribution in [2.75, 3.05) is 13.1 Å². The van der Waals surface area contributed by atoms with Crippen LogP contribution in [0.25, 0.3) is 0 Å². The first-order chi connectivity index (χ1) is 10.6. The molecule has 1 amide bonds. The molecule has 1 aliphatic heterocycles. The highest BCUT2D eigenvalue weighted by molar-refractivity contribution is 9.10. The van der Waals surface area contributed by atoms with Crippen molar-refractivity contribution in [1.29, 1.82) is 0 Å². The SMILES string of the molecule is C[C@H]1C[C@@H](C(=O)NCC2(c3ccc(Br)cc3)CCC2)CCN1.Cl. The third-order valence-electron chi connectivity index (χ3n) is 5.36. The molecule has 1 heterocycles. The molecule has 23 heavy (non-hydrogen) atoms. The average molecular weight is 402 g/mol. The fourth-order valence-corrected chi connectivity index (χ4v) is 4.01. The van der Waals surface area contributed by atoms with Crippen molar-refractivity contribution in [3.63, 3.8) is 0 Å². The minimum Gasteiger partial charge on any atom is -0.355 e. The van der Waals surface area contributed by atoms with E-state index < -0.39 is 0 Å². The summed E-state index contributed by atoms with van der Waals surface area (Å²) in [5.41, 5.74) is 1.52.